The van der Waals surface area contributed by atoms with Gasteiger partial charge in [-0.05, 0) is 95.8 Å². The van der Waals surface area contributed by atoms with Crippen molar-refractivity contribution in [2.45, 2.75) is 90.1 Å². The Labute approximate surface area is 201 Å². The molecule has 184 valence electrons. The van der Waals surface area contributed by atoms with Crippen LogP contribution in [-0.2, 0) is 4.79 Å². The van der Waals surface area contributed by atoms with E-state index in [1.807, 2.05) is 0 Å². The summed E-state index contributed by atoms with van der Waals surface area (Å²) < 4.78 is 0. The van der Waals surface area contributed by atoms with Gasteiger partial charge in [-0.15, -0.1) is 0 Å². The summed E-state index contributed by atoms with van der Waals surface area (Å²) in [5.41, 5.74) is 1.32. The number of ketones is 1. The van der Waals surface area contributed by atoms with E-state index in [0.717, 1.165) is 50.6 Å². The predicted octanol–water partition coefficient (Wildman–Crippen LogP) is 4.36. The van der Waals surface area contributed by atoms with Crippen molar-refractivity contribution in [3.8, 4) is 0 Å². The molecule has 2 saturated heterocycles. The van der Waals surface area contributed by atoms with Crippen LogP contribution in [-0.4, -0.2) is 77.4 Å². The second-order valence-corrected chi connectivity index (χ2v) is 11.0. The van der Waals surface area contributed by atoms with Crippen molar-refractivity contribution < 1.29 is 4.79 Å². The van der Waals surface area contributed by atoms with Gasteiger partial charge in [-0.2, -0.15) is 0 Å². The highest BCUT2D eigenvalue weighted by Crippen LogP contribution is 2.33. The highest BCUT2D eigenvalue weighted by atomic mass is 16.1. The number of aromatic nitrogens is 2. The molecule has 1 saturated carbocycles. The van der Waals surface area contributed by atoms with Gasteiger partial charge in [-0.1, -0.05) is 13.8 Å². The third-order valence-electron chi connectivity index (χ3n) is 8.66. The molecule has 4 rings (SSSR count). The normalized spacial score (nSPS) is 30.5. The number of likely N-dealkylation sites (N-methyl/N-ethyl adjacent to an activating group) is 1. The number of piperidine rings is 1. The third kappa shape index (κ3) is 5.94. The Morgan fingerprint density at radius 2 is 1.52 bits per heavy atom. The van der Waals surface area contributed by atoms with Crippen molar-refractivity contribution in [2.75, 3.05) is 44.7 Å². The summed E-state index contributed by atoms with van der Waals surface area (Å²) in [5, 5.41) is 0. The average molecular weight is 456 g/mol. The topological polar surface area (TPSA) is 52.6 Å². The first-order valence-electron chi connectivity index (χ1n) is 13.5. The van der Waals surface area contributed by atoms with E-state index in [-0.39, 0.29) is 0 Å². The number of likely N-dealkylation sites (tertiary alicyclic amines) is 1. The van der Waals surface area contributed by atoms with Crippen molar-refractivity contribution in [3.05, 3.63) is 18.0 Å². The molecule has 1 aromatic heterocycles. The Kier molecular flexibility index (Phi) is 8.39. The van der Waals surface area contributed by atoms with Crippen LogP contribution >= 0.6 is 0 Å². The molecule has 0 amide bonds. The molecule has 6 nitrogen and oxygen atoms in total. The molecule has 0 bridgehead atoms. The van der Waals surface area contributed by atoms with Crippen LogP contribution in [0.5, 0.6) is 0 Å². The monoisotopic (exact) mass is 455 g/mol. The summed E-state index contributed by atoms with van der Waals surface area (Å²) in [5.74, 6) is 3.01. The third-order valence-corrected chi connectivity index (χ3v) is 8.66. The van der Waals surface area contributed by atoms with E-state index in [4.69, 9.17) is 9.97 Å². The molecule has 0 radical (unpaired) electrons. The first-order chi connectivity index (χ1) is 16.0. The maximum absolute atomic E-state index is 11.6. The molecule has 1 aromatic rings. The molecule has 2 aliphatic heterocycles. The standard InChI is InChI=1S/C27H45N5O/c1-5-25-18-30(4)19-26(6-2)32(25)27-28-15-24(16-29-27)23-11-13-31(14-12-23)17-21-7-9-22(10-8-21)20(3)33/h15-16,21-23,25-26H,5-14,17-19H2,1-4H3/t21-,22+,25?,26?. The van der Waals surface area contributed by atoms with Crippen LogP contribution in [0.25, 0.3) is 0 Å². The van der Waals surface area contributed by atoms with Gasteiger partial charge in [0.1, 0.15) is 5.78 Å². The minimum Gasteiger partial charge on any atom is -0.332 e. The Morgan fingerprint density at radius 3 is 2.03 bits per heavy atom. The Morgan fingerprint density at radius 1 is 0.939 bits per heavy atom. The summed E-state index contributed by atoms with van der Waals surface area (Å²) >= 11 is 0. The second kappa shape index (κ2) is 11.3. The first kappa shape index (κ1) is 24.6. The molecular formula is C27H45N5O. The van der Waals surface area contributed by atoms with Crippen LogP contribution in [0.15, 0.2) is 12.4 Å². The lowest BCUT2D eigenvalue weighted by Crippen LogP contribution is -2.58. The molecule has 3 aliphatic rings. The van der Waals surface area contributed by atoms with Gasteiger partial charge in [0.2, 0.25) is 5.95 Å². The fourth-order valence-corrected chi connectivity index (χ4v) is 6.49. The van der Waals surface area contributed by atoms with Gasteiger partial charge in [-0.25, -0.2) is 9.97 Å². The van der Waals surface area contributed by atoms with E-state index in [1.54, 1.807) is 6.92 Å². The van der Waals surface area contributed by atoms with Crippen LogP contribution in [0.3, 0.4) is 0 Å². The van der Waals surface area contributed by atoms with Crippen molar-refractivity contribution in [3.63, 3.8) is 0 Å². The smallest absolute Gasteiger partial charge is 0.225 e. The number of anilines is 1. The van der Waals surface area contributed by atoms with Crippen LogP contribution in [0.2, 0.25) is 0 Å². The number of nitrogens with zero attached hydrogens (tertiary/aromatic N) is 5. The van der Waals surface area contributed by atoms with Gasteiger partial charge < -0.3 is 14.7 Å². The van der Waals surface area contributed by atoms with Gasteiger partial charge in [0.25, 0.3) is 0 Å². The lowest BCUT2D eigenvalue weighted by molar-refractivity contribution is -0.121. The van der Waals surface area contributed by atoms with E-state index >= 15 is 0 Å². The van der Waals surface area contributed by atoms with Crippen molar-refractivity contribution >= 4 is 11.7 Å². The largest absolute Gasteiger partial charge is 0.332 e. The number of piperazine rings is 1. The zero-order valence-electron chi connectivity index (χ0n) is 21.4. The summed E-state index contributed by atoms with van der Waals surface area (Å²) in [6, 6.07) is 0.988. The number of rotatable bonds is 7. The molecule has 6 heteroatoms. The molecule has 0 spiro atoms. The maximum atomic E-state index is 11.6. The van der Waals surface area contributed by atoms with E-state index in [2.05, 4.69) is 48.0 Å². The molecule has 2 atom stereocenters. The molecule has 33 heavy (non-hydrogen) atoms. The van der Waals surface area contributed by atoms with Crippen LogP contribution in [0.1, 0.15) is 83.6 Å². The highest BCUT2D eigenvalue weighted by molar-refractivity contribution is 5.78. The fourth-order valence-electron chi connectivity index (χ4n) is 6.49. The molecule has 3 fully saturated rings. The maximum Gasteiger partial charge on any atom is 0.225 e. The predicted molar refractivity (Wildman–Crippen MR) is 135 cm³/mol. The Balaban J connectivity index is 1.29. The summed E-state index contributed by atoms with van der Waals surface area (Å²) in [7, 11) is 2.23. The second-order valence-electron chi connectivity index (χ2n) is 11.0. The Bertz CT molecular complexity index is 738. The minimum absolute atomic E-state index is 0.334. The van der Waals surface area contributed by atoms with Crippen LogP contribution < -0.4 is 4.90 Å². The fraction of sp³-hybridized carbons (Fsp3) is 0.815. The van der Waals surface area contributed by atoms with E-state index in [9.17, 15) is 4.79 Å². The molecule has 1 aliphatic carbocycles. The van der Waals surface area contributed by atoms with Gasteiger partial charge >= 0.3 is 0 Å². The summed E-state index contributed by atoms with van der Waals surface area (Å²) in [4.78, 5) is 29.0. The first-order valence-corrected chi connectivity index (χ1v) is 13.5. The SMILES string of the molecule is CCC1CN(C)CC(CC)N1c1ncc(C2CCN(C[C@H]3CC[C@@H](C(C)=O)CC3)CC2)cn1. The number of carbonyl (C=O) groups is 1. The van der Waals surface area contributed by atoms with Crippen molar-refractivity contribution in [2.24, 2.45) is 11.8 Å². The van der Waals surface area contributed by atoms with E-state index in [1.165, 1.54) is 50.9 Å². The zero-order chi connectivity index (χ0) is 23.4. The quantitative estimate of drug-likeness (QED) is 0.609. The van der Waals surface area contributed by atoms with Crippen LogP contribution in [0, 0.1) is 11.8 Å². The van der Waals surface area contributed by atoms with Gasteiger partial charge in [0.05, 0.1) is 0 Å². The molecule has 3 heterocycles. The molecule has 2 unspecified atom stereocenters. The van der Waals surface area contributed by atoms with Crippen molar-refractivity contribution in [1.82, 2.24) is 19.8 Å². The van der Waals surface area contributed by atoms with Crippen molar-refractivity contribution in [1.29, 1.82) is 0 Å². The lowest BCUT2D eigenvalue weighted by Gasteiger charge is -2.45. The van der Waals surface area contributed by atoms with Gasteiger partial charge in [0, 0.05) is 50.0 Å². The summed E-state index contributed by atoms with van der Waals surface area (Å²) in [6.07, 6.45) is 13.5. The number of hydrogen-bond acceptors (Lipinski definition) is 6. The average Bonchev–Trinajstić information content (AvgIpc) is 2.84. The number of hydrogen-bond donors (Lipinski definition) is 0. The van der Waals surface area contributed by atoms with Gasteiger partial charge in [0.15, 0.2) is 0 Å². The highest BCUT2D eigenvalue weighted by Gasteiger charge is 2.33. The minimum atomic E-state index is 0.334. The van der Waals surface area contributed by atoms with Crippen LogP contribution in [0.4, 0.5) is 5.95 Å². The molecular weight excluding hydrogens is 410 g/mol. The number of carbonyl (C=O) groups excluding carboxylic acids is 1. The lowest BCUT2D eigenvalue weighted by atomic mass is 9.80. The van der Waals surface area contributed by atoms with E-state index < -0.39 is 0 Å². The molecule has 0 aromatic carbocycles. The number of Topliss-reactive ketones (excluding diaryl/α,β-unsaturated/α-hetero) is 1. The van der Waals surface area contributed by atoms with E-state index in [0.29, 0.717) is 29.7 Å². The van der Waals surface area contributed by atoms with Gasteiger partial charge in [-0.3, -0.25) is 4.79 Å². The Hall–Kier alpha value is -1.53. The summed E-state index contributed by atoms with van der Waals surface area (Å²) in [6.45, 7) is 12.1. The zero-order valence-corrected chi connectivity index (χ0v) is 21.4. The molecule has 0 N–H and O–H groups in total.